The predicted molar refractivity (Wildman–Crippen MR) is 104 cm³/mol. The van der Waals surface area contributed by atoms with Gasteiger partial charge >= 0.3 is 0 Å². The Morgan fingerprint density at radius 3 is 2.89 bits per heavy atom. The van der Waals surface area contributed by atoms with Crippen LogP contribution in [0.25, 0.3) is 10.9 Å². The summed E-state index contributed by atoms with van der Waals surface area (Å²) in [7, 11) is 0. The maximum Gasteiger partial charge on any atom is 0.261 e. The van der Waals surface area contributed by atoms with Crippen molar-refractivity contribution < 1.29 is 9.53 Å². The fourth-order valence-corrected chi connectivity index (χ4v) is 3.35. The van der Waals surface area contributed by atoms with Crippen molar-refractivity contribution in [3.8, 4) is 5.88 Å². The number of fused-ring (bicyclic) bond motifs is 1. The molecule has 8 heteroatoms. The number of nitrogens with zero attached hydrogens (tertiary/aromatic N) is 4. The van der Waals surface area contributed by atoms with Crippen LogP contribution in [0.3, 0.4) is 0 Å². The molecule has 3 heterocycles. The third-order valence-corrected chi connectivity index (χ3v) is 4.99. The van der Waals surface area contributed by atoms with Crippen LogP contribution in [0.15, 0.2) is 58.2 Å². The van der Waals surface area contributed by atoms with Gasteiger partial charge in [-0.1, -0.05) is 12.1 Å². The molecule has 138 valence electrons. The Morgan fingerprint density at radius 2 is 2.07 bits per heavy atom. The topological polar surface area (TPSA) is 77.3 Å². The second kappa shape index (κ2) is 7.48. The molecule has 1 atom stereocenters. The van der Waals surface area contributed by atoms with E-state index in [0.717, 1.165) is 10.9 Å². The standard InChI is InChI=1S/C19H17BrN4O3/c20-13-5-6-17(21-9-13)27-14-7-8-23(10-14)18(25)11-24-12-22-16-4-2-1-3-15(16)19(24)26/h1-6,9,12,14H,7-8,10-11H2. The molecule has 1 unspecified atom stereocenters. The molecule has 1 amide bonds. The number of carbonyl (C=O) groups excluding carboxylic acids is 1. The number of para-hydroxylation sites is 1. The molecule has 0 bridgehead atoms. The Kier molecular flexibility index (Phi) is 4.89. The molecule has 0 saturated carbocycles. The number of carbonyl (C=O) groups is 1. The first-order valence-electron chi connectivity index (χ1n) is 8.60. The molecule has 27 heavy (non-hydrogen) atoms. The summed E-state index contributed by atoms with van der Waals surface area (Å²) >= 11 is 3.34. The fourth-order valence-electron chi connectivity index (χ4n) is 3.12. The van der Waals surface area contributed by atoms with Gasteiger partial charge in [-0.2, -0.15) is 0 Å². The maximum absolute atomic E-state index is 12.6. The zero-order valence-electron chi connectivity index (χ0n) is 14.4. The molecule has 2 aromatic heterocycles. The lowest BCUT2D eigenvalue weighted by Crippen LogP contribution is -2.36. The number of rotatable bonds is 4. The first kappa shape index (κ1) is 17.7. The second-order valence-corrected chi connectivity index (χ2v) is 7.29. The minimum absolute atomic E-state index is 0.0279. The van der Waals surface area contributed by atoms with E-state index < -0.39 is 0 Å². The number of hydrogen-bond donors (Lipinski definition) is 0. The van der Waals surface area contributed by atoms with Crippen LogP contribution in [0, 0.1) is 0 Å². The second-order valence-electron chi connectivity index (χ2n) is 6.38. The van der Waals surface area contributed by atoms with Crippen molar-refractivity contribution in [2.24, 2.45) is 0 Å². The van der Waals surface area contributed by atoms with Gasteiger partial charge in [0.2, 0.25) is 11.8 Å². The monoisotopic (exact) mass is 428 g/mol. The minimum Gasteiger partial charge on any atom is -0.472 e. The number of likely N-dealkylation sites (tertiary alicyclic amines) is 1. The van der Waals surface area contributed by atoms with Crippen LogP contribution in [0.5, 0.6) is 5.88 Å². The van der Waals surface area contributed by atoms with Gasteiger partial charge in [0.15, 0.2) is 0 Å². The van der Waals surface area contributed by atoms with Crippen molar-refractivity contribution in [3.05, 3.63) is 63.7 Å². The molecule has 0 aliphatic carbocycles. The van der Waals surface area contributed by atoms with Crippen molar-refractivity contribution in [1.82, 2.24) is 19.4 Å². The number of pyridine rings is 1. The Labute approximate surface area is 163 Å². The van der Waals surface area contributed by atoms with Crippen molar-refractivity contribution in [1.29, 1.82) is 0 Å². The Bertz CT molecular complexity index is 1040. The first-order valence-corrected chi connectivity index (χ1v) is 9.39. The van der Waals surface area contributed by atoms with Crippen molar-refractivity contribution in [2.45, 2.75) is 19.1 Å². The highest BCUT2D eigenvalue weighted by Crippen LogP contribution is 2.18. The molecule has 1 aromatic carbocycles. The van der Waals surface area contributed by atoms with E-state index in [-0.39, 0.29) is 24.1 Å². The smallest absolute Gasteiger partial charge is 0.261 e. The average molecular weight is 429 g/mol. The molecule has 1 saturated heterocycles. The number of halogens is 1. The average Bonchev–Trinajstić information content (AvgIpc) is 3.15. The Morgan fingerprint density at radius 1 is 1.22 bits per heavy atom. The van der Waals surface area contributed by atoms with Crippen LogP contribution in [0.2, 0.25) is 0 Å². The summed E-state index contributed by atoms with van der Waals surface area (Å²) in [6.07, 6.45) is 3.73. The van der Waals surface area contributed by atoms with E-state index in [9.17, 15) is 9.59 Å². The van der Waals surface area contributed by atoms with Gasteiger partial charge in [0.05, 0.1) is 23.8 Å². The number of hydrogen-bond acceptors (Lipinski definition) is 5. The van der Waals surface area contributed by atoms with Crippen LogP contribution in [-0.4, -0.2) is 44.5 Å². The largest absolute Gasteiger partial charge is 0.472 e. The zero-order chi connectivity index (χ0) is 18.8. The molecule has 0 spiro atoms. The highest BCUT2D eigenvalue weighted by atomic mass is 79.9. The lowest BCUT2D eigenvalue weighted by molar-refractivity contribution is -0.131. The highest BCUT2D eigenvalue weighted by molar-refractivity contribution is 9.10. The van der Waals surface area contributed by atoms with E-state index >= 15 is 0 Å². The predicted octanol–water partition coefficient (Wildman–Crippen LogP) is 2.23. The summed E-state index contributed by atoms with van der Waals surface area (Å²) in [6.45, 7) is 1.04. The van der Waals surface area contributed by atoms with Gasteiger partial charge in [0.1, 0.15) is 12.6 Å². The van der Waals surface area contributed by atoms with Crippen LogP contribution in [0.1, 0.15) is 6.42 Å². The number of ether oxygens (including phenoxy) is 1. The summed E-state index contributed by atoms with van der Waals surface area (Å²) in [5, 5.41) is 0.511. The molecule has 0 radical (unpaired) electrons. The summed E-state index contributed by atoms with van der Waals surface area (Å²) in [4.78, 5) is 35.3. The van der Waals surface area contributed by atoms with Gasteiger partial charge < -0.3 is 9.64 Å². The normalized spacial score (nSPS) is 16.6. The van der Waals surface area contributed by atoms with Gasteiger partial charge in [0, 0.05) is 29.7 Å². The summed E-state index contributed by atoms with van der Waals surface area (Å²) < 4.78 is 8.07. The van der Waals surface area contributed by atoms with Gasteiger partial charge in [-0.25, -0.2) is 9.97 Å². The van der Waals surface area contributed by atoms with Crippen molar-refractivity contribution >= 4 is 32.7 Å². The minimum atomic E-state index is -0.208. The summed E-state index contributed by atoms with van der Waals surface area (Å²) in [6, 6.07) is 10.8. The van der Waals surface area contributed by atoms with Gasteiger partial charge in [-0.3, -0.25) is 14.2 Å². The number of aromatic nitrogens is 3. The zero-order valence-corrected chi connectivity index (χ0v) is 16.0. The van der Waals surface area contributed by atoms with E-state index in [2.05, 4.69) is 25.9 Å². The summed E-state index contributed by atoms with van der Waals surface area (Å²) in [5.74, 6) is 0.413. The quantitative estimate of drug-likeness (QED) is 0.636. The fraction of sp³-hybridized carbons (Fsp3) is 0.263. The van der Waals surface area contributed by atoms with E-state index in [1.807, 2.05) is 12.1 Å². The van der Waals surface area contributed by atoms with Crippen LogP contribution in [-0.2, 0) is 11.3 Å². The third kappa shape index (κ3) is 3.85. The van der Waals surface area contributed by atoms with Crippen molar-refractivity contribution in [3.63, 3.8) is 0 Å². The Hall–Kier alpha value is -2.74. The Balaban J connectivity index is 1.41. The first-order chi connectivity index (χ1) is 13.1. The number of amides is 1. The van der Waals surface area contributed by atoms with Crippen molar-refractivity contribution in [2.75, 3.05) is 13.1 Å². The lowest BCUT2D eigenvalue weighted by Gasteiger charge is -2.17. The van der Waals surface area contributed by atoms with Gasteiger partial charge in [-0.15, -0.1) is 0 Å². The van der Waals surface area contributed by atoms with Gasteiger partial charge in [0.25, 0.3) is 5.56 Å². The van der Waals surface area contributed by atoms with Gasteiger partial charge in [-0.05, 0) is 34.1 Å². The lowest BCUT2D eigenvalue weighted by atomic mass is 10.2. The molecule has 1 fully saturated rings. The number of benzene rings is 1. The van der Waals surface area contributed by atoms with Crippen LogP contribution in [0.4, 0.5) is 0 Å². The molecule has 4 rings (SSSR count). The molecule has 3 aromatic rings. The molecular formula is C19H17BrN4O3. The molecule has 1 aliphatic rings. The molecular weight excluding hydrogens is 412 g/mol. The molecule has 1 aliphatic heterocycles. The van der Waals surface area contributed by atoms with E-state index in [1.165, 1.54) is 10.9 Å². The molecule has 0 N–H and O–H groups in total. The van der Waals surface area contributed by atoms with Crippen LogP contribution < -0.4 is 10.3 Å². The molecule has 7 nitrogen and oxygen atoms in total. The third-order valence-electron chi connectivity index (χ3n) is 4.52. The van der Waals surface area contributed by atoms with E-state index in [1.54, 1.807) is 35.4 Å². The van der Waals surface area contributed by atoms with Crippen LogP contribution >= 0.6 is 15.9 Å². The highest BCUT2D eigenvalue weighted by Gasteiger charge is 2.28. The van der Waals surface area contributed by atoms with E-state index in [4.69, 9.17) is 4.74 Å². The SMILES string of the molecule is O=C(Cn1cnc2ccccc2c1=O)N1CCC(Oc2ccc(Br)cn2)C1. The summed E-state index contributed by atoms with van der Waals surface area (Å²) in [5.41, 5.74) is 0.419. The van der Waals surface area contributed by atoms with E-state index in [0.29, 0.717) is 29.9 Å². The maximum atomic E-state index is 12.6.